The highest BCUT2D eigenvalue weighted by Crippen LogP contribution is 2.49. The minimum absolute atomic E-state index is 0.103. The van der Waals surface area contributed by atoms with Crippen molar-refractivity contribution in [3.05, 3.63) is 179 Å². The number of carbonyl (C=O) groups is 1. The predicted octanol–water partition coefficient (Wildman–Crippen LogP) is 9.05. The van der Waals surface area contributed by atoms with Gasteiger partial charge in [0.05, 0.1) is 6.10 Å². The highest BCUT2D eigenvalue weighted by atomic mass is 32.2. The molecule has 0 radical (unpaired) electrons. The summed E-state index contributed by atoms with van der Waals surface area (Å²) in [6.45, 7) is 2.05. The maximum absolute atomic E-state index is 14.3. The van der Waals surface area contributed by atoms with Crippen LogP contribution in [0.1, 0.15) is 29.2 Å². The highest BCUT2D eigenvalue weighted by Gasteiger charge is 2.53. The van der Waals surface area contributed by atoms with Crippen LogP contribution in [0.15, 0.2) is 157 Å². The van der Waals surface area contributed by atoms with Crippen molar-refractivity contribution in [2.75, 3.05) is 7.11 Å². The Balaban J connectivity index is 1.38. The summed E-state index contributed by atoms with van der Waals surface area (Å²) in [5.41, 5.74) is 6.04. The number of benzene rings is 4. The average molecular weight is 637 g/mol. The second kappa shape index (κ2) is 13.6. The van der Waals surface area contributed by atoms with Crippen molar-refractivity contribution in [3.63, 3.8) is 0 Å². The fourth-order valence-electron chi connectivity index (χ4n) is 6.86. The Bertz CT molecular complexity index is 1790. The molecule has 7 rings (SSSR count). The summed E-state index contributed by atoms with van der Waals surface area (Å²) in [5.74, 6) is -0.122. The van der Waals surface area contributed by atoms with Crippen molar-refractivity contribution < 1.29 is 19.4 Å². The van der Waals surface area contributed by atoms with E-state index in [1.807, 2.05) is 109 Å². The van der Waals surface area contributed by atoms with E-state index in [4.69, 9.17) is 9.47 Å². The lowest BCUT2D eigenvalue weighted by Crippen LogP contribution is -2.30. The number of methoxy groups -OCH3 is 1. The zero-order valence-corrected chi connectivity index (χ0v) is 27.1. The van der Waals surface area contributed by atoms with Gasteiger partial charge in [-0.1, -0.05) is 139 Å². The lowest BCUT2D eigenvalue weighted by molar-refractivity contribution is -0.132. The summed E-state index contributed by atoms with van der Waals surface area (Å²) in [7, 11) is 1.51. The minimum Gasteiger partial charge on any atom is -0.457 e. The Morgan fingerprint density at radius 3 is 1.53 bits per heavy atom. The number of Topliss-reactive ketones (excluding diaryl/α,β-unsaturated/α-hetero) is 1. The first-order valence-electron chi connectivity index (χ1n) is 15.9. The molecule has 0 aromatic heterocycles. The monoisotopic (exact) mass is 636 g/mol. The molecule has 1 N–H and O–H groups in total. The highest BCUT2D eigenvalue weighted by molar-refractivity contribution is 8.16. The molecular weight excluding hydrogens is 601 g/mol. The molecule has 0 bridgehead atoms. The van der Waals surface area contributed by atoms with E-state index in [0.717, 1.165) is 43.2 Å². The normalized spacial score (nSPS) is 23.0. The van der Waals surface area contributed by atoms with Gasteiger partial charge in [-0.2, -0.15) is 0 Å². The Kier molecular flexibility index (Phi) is 8.94. The van der Waals surface area contributed by atoms with E-state index in [0.29, 0.717) is 11.5 Å². The molecule has 4 aromatic rings. The number of aliphatic hydroxyl groups excluding tert-OH is 1. The van der Waals surface area contributed by atoms with Crippen LogP contribution in [-0.2, 0) is 14.3 Å². The summed E-state index contributed by atoms with van der Waals surface area (Å²) < 4.78 is 12.2. The number of hydrogen-bond acceptors (Lipinski definition) is 5. The third-order valence-electron chi connectivity index (χ3n) is 9.23. The molecule has 4 unspecified atom stereocenters. The molecule has 1 aliphatic carbocycles. The van der Waals surface area contributed by atoms with Crippen molar-refractivity contribution in [1.29, 1.82) is 0 Å². The van der Waals surface area contributed by atoms with Crippen LogP contribution in [0.25, 0.3) is 21.3 Å². The van der Waals surface area contributed by atoms with Crippen molar-refractivity contribution >= 4 is 38.9 Å². The molecule has 5 heteroatoms. The van der Waals surface area contributed by atoms with Gasteiger partial charge in [0, 0.05) is 45.8 Å². The van der Waals surface area contributed by atoms with Gasteiger partial charge in [0.15, 0.2) is 5.78 Å². The molecular formula is C42H36O4S. The second-order valence-electron chi connectivity index (χ2n) is 12.1. The number of ketones is 1. The molecule has 0 saturated heterocycles. The third kappa shape index (κ3) is 6.22. The van der Waals surface area contributed by atoms with E-state index < -0.39 is 24.0 Å². The van der Waals surface area contributed by atoms with Gasteiger partial charge in [-0.3, -0.25) is 4.79 Å². The van der Waals surface area contributed by atoms with Gasteiger partial charge in [0.25, 0.3) is 0 Å². The summed E-state index contributed by atoms with van der Waals surface area (Å²) >= 11 is 1.73. The molecule has 234 valence electrons. The standard InChI is InChI=1S/C42H36O4S/c1-27(32-25-36(30-19-11-5-12-20-30)47-37(26-32)31-21-13-6-14-22-31)38-39(41(44)42(45-2)40(38)43)33-23-34(28-15-7-3-8-16-28)46-35(24-33)29-17-9-4-10-18-29/h3-26,33,38-40,42-43H,1-2H3. The molecule has 2 heterocycles. The lowest BCUT2D eigenvalue weighted by atomic mass is 9.76. The quantitative estimate of drug-likeness (QED) is 0.219. The fourth-order valence-corrected chi connectivity index (χ4v) is 7.98. The molecule has 1 fully saturated rings. The lowest BCUT2D eigenvalue weighted by Gasteiger charge is -2.31. The van der Waals surface area contributed by atoms with Crippen molar-refractivity contribution in [1.82, 2.24) is 0 Å². The van der Waals surface area contributed by atoms with Gasteiger partial charge >= 0.3 is 0 Å². The van der Waals surface area contributed by atoms with Crippen LogP contribution in [0, 0.1) is 17.8 Å². The number of thioether (sulfide) groups is 1. The number of hydrogen-bond donors (Lipinski definition) is 1. The second-order valence-corrected chi connectivity index (χ2v) is 13.1. The van der Waals surface area contributed by atoms with E-state index in [1.54, 1.807) is 11.8 Å². The van der Waals surface area contributed by atoms with Gasteiger partial charge in [-0.25, -0.2) is 0 Å². The Hall–Kier alpha value is -4.68. The molecule has 0 spiro atoms. The molecule has 2 aliphatic heterocycles. The van der Waals surface area contributed by atoms with Crippen molar-refractivity contribution in [2.24, 2.45) is 17.8 Å². The average Bonchev–Trinajstić information content (AvgIpc) is 3.40. The topological polar surface area (TPSA) is 55.8 Å². The molecule has 3 aliphatic rings. The SMILES string of the molecule is COC1C(=O)C(C2C=C(c3ccccc3)OC(c3ccccc3)=C2)C(C(C)=C2C=C(c3ccccc3)SC(c3ccccc3)=C2)C1O. The Morgan fingerprint density at radius 2 is 1.11 bits per heavy atom. The van der Waals surface area contributed by atoms with Crippen LogP contribution in [0.4, 0.5) is 0 Å². The van der Waals surface area contributed by atoms with Crippen LogP contribution >= 0.6 is 11.8 Å². The first-order valence-corrected chi connectivity index (χ1v) is 16.7. The molecule has 0 amide bonds. The van der Waals surface area contributed by atoms with Gasteiger partial charge in [0.1, 0.15) is 17.6 Å². The molecule has 4 aromatic carbocycles. The Morgan fingerprint density at radius 1 is 0.681 bits per heavy atom. The maximum atomic E-state index is 14.3. The minimum atomic E-state index is -1.01. The summed E-state index contributed by atoms with van der Waals surface area (Å²) in [6.07, 6.45) is 6.51. The smallest absolute Gasteiger partial charge is 0.168 e. The first kappa shape index (κ1) is 30.9. The summed E-state index contributed by atoms with van der Waals surface area (Å²) in [6, 6.07) is 40.6. The molecule has 4 atom stereocenters. The van der Waals surface area contributed by atoms with Crippen LogP contribution < -0.4 is 0 Å². The van der Waals surface area contributed by atoms with E-state index in [9.17, 15) is 9.90 Å². The predicted molar refractivity (Wildman–Crippen MR) is 191 cm³/mol. The maximum Gasteiger partial charge on any atom is 0.168 e. The molecule has 4 nitrogen and oxygen atoms in total. The van der Waals surface area contributed by atoms with Crippen molar-refractivity contribution in [3.8, 4) is 0 Å². The van der Waals surface area contributed by atoms with Crippen LogP contribution in [0.3, 0.4) is 0 Å². The zero-order valence-electron chi connectivity index (χ0n) is 26.3. The number of rotatable bonds is 7. The number of aliphatic hydroxyl groups is 1. The largest absolute Gasteiger partial charge is 0.457 e. The third-order valence-corrected chi connectivity index (χ3v) is 10.4. The van der Waals surface area contributed by atoms with E-state index in [2.05, 4.69) is 43.3 Å². The van der Waals surface area contributed by atoms with Gasteiger partial charge in [-0.05, 0) is 47.9 Å². The number of carbonyl (C=O) groups excluding carboxylic acids is 1. The number of allylic oxidation sites excluding steroid dienone is 5. The Labute approximate surface area is 280 Å². The summed E-state index contributed by atoms with van der Waals surface area (Å²) in [4.78, 5) is 16.5. The van der Waals surface area contributed by atoms with Gasteiger partial charge in [0.2, 0.25) is 0 Å². The van der Waals surface area contributed by atoms with Crippen LogP contribution in [0.2, 0.25) is 0 Å². The zero-order chi connectivity index (χ0) is 32.3. The van der Waals surface area contributed by atoms with Crippen LogP contribution in [0.5, 0.6) is 0 Å². The molecule has 47 heavy (non-hydrogen) atoms. The van der Waals surface area contributed by atoms with E-state index in [-0.39, 0.29) is 11.7 Å². The van der Waals surface area contributed by atoms with Crippen LogP contribution in [-0.4, -0.2) is 30.2 Å². The van der Waals surface area contributed by atoms with Gasteiger partial charge in [-0.15, -0.1) is 0 Å². The number of ether oxygens (including phenoxy) is 2. The summed E-state index contributed by atoms with van der Waals surface area (Å²) in [5, 5.41) is 11.9. The first-order chi connectivity index (χ1) is 23.0. The molecule has 1 saturated carbocycles. The van der Waals surface area contributed by atoms with E-state index >= 15 is 0 Å². The van der Waals surface area contributed by atoms with E-state index in [1.165, 1.54) is 7.11 Å². The van der Waals surface area contributed by atoms with Gasteiger partial charge < -0.3 is 14.6 Å². The fraction of sp³-hybridized carbons (Fsp3) is 0.167. The van der Waals surface area contributed by atoms with Crippen molar-refractivity contribution in [2.45, 2.75) is 19.1 Å².